The van der Waals surface area contributed by atoms with Crippen molar-refractivity contribution < 1.29 is 9.28 Å². The molecule has 0 aromatic heterocycles. The van der Waals surface area contributed by atoms with E-state index in [1.807, 2.05) is 0 Å². The van der Waals surface area contributed by atoms with Crippen molar-refractivity contribution in [3.63, 3.8) is 0 Å². The van der Waals surface area contributed by atoms with Crippen molar-refractivity contribution in [2.75, 3.05) is 26.2 Å². The van der Waals surface area contributed by atoms with E-state index in [4.69, 9.17) is 0 Å². The lowest BCUT2D eigenvalue weighted by Gasteiger charge is -2.62. The first kappa shape index (κ1) is 13.1. The van der Waals surface area contributed by atoms with Gasteiger partial charge in [-0.25, -0.2) is 0 Å². The minimum absolute atomic E-state index is 0.463. The van der Waals surface area contributed by atoms with Crippen molar-refractivity contribution >= 4 is 5.91 Å². The fourth-order valence-electron chi connectivity index (χ4n) is 6.29. The van der Waals surface area contributed by atoms with Gasteiger partial charge in [-0.05, 0) is 45.4 Å². The topological polar surface area (TPSA) is 20.3 Å². The van der Waals surface area contributed by atoms with Crippen LogP contribution in [0.25, 0.3) is 0 Å². The lowest BCUT2D eigenvalue weighted by atomic mass is 9.66. The number of nitrogens with zero attached hydrogens (tertiary/aromatic N) is 2. The van der Waals surface area contributed by atoms with Gasteiger partial charge in [-0.2, -0.15) is 0 Å². The molecule has 5 atom stereocenters. The largest absolute Gasteiger partial charge is 0.339 e. The average Bonchev–Trinajstić information content (AvgIpc) is 2.49. The van der Waals surface area contributed by atoms with Gasteiger partial charge in [-0.3, -0.25) is 4.79 Å². The molecule has 0 saturated carbocycles. The fraction of sp³-hybridized carbons (Fsp3) is 0.941. The highest BCUT2D eigenvalue weighted by Gasteiger charge is 2.57. The Labute approximate surface area is 122 Å². The second kappa shape index (κ2) is 4.72. The summed E-state index contributed by atoms with van der Waals surface area (Å²) in [5.74, 6) is 2.07. The van der Waals surface area contributed by atoms with E-state index in [0.29, 0.717) is 11.9 Å². The van der Waals surface area contributed by atoms with Crippen molar-refractivity contribution in [2.45, 2.75) is 64.0 Å². The number of quaternary nitrogens is 1. The number of carbonyl (C=O) groups excluding carboxylic acids is 1. The molecule has 0 aromatic rings. The molecule has 4 aliphatic heterocycles. The van der Waals surface area contributed by atoms with Crippen LogP contribution in [-0.2, 0) is 4.79 Å². The van der Waals surface area contributed by atoms with Crippen LogP contribution in [0.2, 0.25) is 0 Å². The third-order valence-electron chi connectivity index (χ3n) is 7.04. The molecule has 1 unspecified atom stereocenters. The number of piperidine rings is 4. The zero-order chi connectivity index (χ0) is 13.7. The van der Waals surface area contributed by atoms with Gasteiger partial charge in [0.05, 0.1) is 25.7 Å². The summed E-state index contributed by atoms with van der Waals surface area (Å²) in [6.07, 6.45) is 8.76. The molecule has 0 spiro atoms. The van der Waals surface area contributed by atoms with Gasteiger partial charge in [0.1, 0.15) is 0 Å². The molecule has 112 valence electrons. The summed E-state index contributed by atoms with van der Waals surface area (Å²) in [4.78, 5) is 14.7. The van der Waals surface area contributed by atoms with Gasteiger partial charge in [0.2, 0.25) is 5.91 Å². The fourth-order valence-corrected chi connectivity index (χ4v) is 6.29. The highest BCUT2D eigenvalue weighted by molar-refractivity contribution is 5.77. The smallest absolute Gasteiger partial charge is 0.222 e. The van der Waals surface area contributed by atoms with Crippen LogP contribution in [0.4, 0.5) is 0 Å². The summed E-state index contributed by atoms with van der Waals surface area (Å²) in [6, 6.07) is 1.48. The Kier molecular flexibility index (Phi) is 3.10. The predicted octanol–water partition coefficient (Wildman–Crippen LogP) is 2.41. The van der Waals surface area contributed by atoms with Crippen LogP contribution >= 0.6 is 0 Å². The summed E-state index contributed by atoms with van der Waals surface area (Å²) >= 11 is 0. The quantitative estimate of drug-likeness (QED) is 0.674. The Morgan fingerprint density at radius 1 is 1.15 bits per heavy atom. The van der Waals surface area contributed by atoms with Crippen LogP contribution in [0.3, 0.4) is 0 Å². The summed E-state index contributed by atoms with van der Waals surface area (Å²) in [6.45, 7) is 7.63. The molecular formula is C17H29N2O+. The number of hydrogen-bond donors (Lipinski definition) is 0. The second-order valence-electron chi connectivity index (χ2n) is 7.69. The summed E-state index contributed by atoms with van der Waals surface area (Å²) in [7, 11) is 0. The van der Waals surface area contributed by atoms with E-state index >= 15 is 0 Å². The van der Waals surface area contributed by atoms with Gasteiger partial charge < -0.3 is 9.38 Å². The van der Waals surface area contributed by atoms with Crippen LogP contribution in [0.5, 0.6) is 0 Å². The van der Waals surface area contributed by atoms with Crippen molar-refractivity contribution in [1.82, 2.24) is 4.90 Å². The first-order chi connectivity index (χ1) is 9.75. The van der Waals surface area contributed by atoms with E-state index < -0.39 is 0 Å². The first-order valence-corrected chi connectivity index (χ1v) is 8.90. The van der Waals surface area contributed by atoms with Crippen molar-refractivity contribution in [3.8, 4) is 0 Å². The highest BCUT2D eigenvalue weighted by Crippen LogP contribution is 2.48. The molecule has 4 fully saturated rings. The number of fused-ring (bicyclic) bond motifs is 2. The first-order valence-electron chi connectivity index (χ1n) is 8.90. The van der Waals surface area contributed by atoms with Crippen molar-refractivity contribution in [3.05, 3.63) is 0 Å². The Bertz CT molecular complexity index is 406. The molecule has 0 aliphatic carbocycles. The van der Waals surface area contributed by atoms with Crippen LogP contribution in [0.1, 0.15) is 51.9 Å². The summed E-state index contributed by atoms with van der Waals surface area (Å²) < 4.78 is 1.40. The van der Waals surface area contributed by atoms with E-state index in [-0.39, 0.29) is 0 Å². The van der Waals surface area contributed by atoms with Crippen LogP contribution < -0.4 is 0 Å². The molecule has 0 N–H and O–H groups in total. The van der Waals surface area contributed by atoms with Gasteiger partial charge >= 0.3 is 0 Å². The molecule has 0 aromatic carbocycles. The van der Waals surface area contributed by atoms with Gasteiger partial charge in [0.25, 0.3) is 0 Å². The minimum Gasteiger partial charge on any atom is -0.339 e. The average molecular weight is 277 g/mol. The molecular weight excluding hydrogens is 248 g/mol. The maximum absolute atomic E-state index is 12.3. The number of carbonyl (C=O) groups is 1. The Balaban J connectivity index is 1.70. The maximum atomic E-state index is 12.3. The van der Waals surface area contributed by atoms with Crippen LogP contribution in [0.15, 0.2) is 0 Å². The predicted molar refractivity (Wildman–Crippen MR) is 79.1 cm³/mol. The minimum atomic E-state index is 0.463. The van der Waals surface area contributed by atoms with Crippen molar-refractivity contribution in [2.24, 2.45) is 11.8 Å². The van der Waals surface area contributed by atoms with Crippen LogP contribution in [-0.4, -0.2) is 53.6 Å². The van der Waals surface area contributed by atoms with Gasteiger partial charge in [0.15, 0.2) is 0 Å². The number of hydrogen-bond acceptors (Lipinski definition) is 1. The maximum Gasteiger partial charge on any atom is 0.222 e. The van der Waals surface area contributed by atoms with E-state index in [1.165, 1.54) is 56.2 Å². The van der Waals surface area contributed by atoms with E-state index in [2.05, 4.69) is 11.8 Å². The SMILES string of the molecule is CC[N+]12CCC[C@H]3CN4C(=O)CCC[C@@H]4[C@@H](CCC1)[C@H]32. The lowest BCUT2D eigenvalue weighted by Crippen LogP contribution is -2.73. The monoisotopic (exact) mass is 277 g/mol. The summed E-state index contributed by atoms with van der Waals surface area (Å²) in [5, 5.41) is 0. The second-order valence-corrected chi connectivity index (χ2v) is 7.69. The molecule has 4 saturated heterocycles. The molecule has 3 heteroatoms. The van der Waals surface area contributed by atoms with Gasteiger partial charge in [-0.15, -0.1) is 0 Å². The lowest BCUT2D eigenvalue weighted by molar-refractivity contribution is -0.968. The van der Waals surface area contributed by atoms with Crippen molar-refractivity contribution in [1.29, 1.82) is 0 Å². The third-order valence-corrected chi connectivity index (χ3v) is 7.04. The number of rotatable bonds is 1. The molecule has 0 bridgehead atoms. The van der Waals surface area contributed by atoms with E-state index in [9.17, 15) is 4.79 Å². The molecule has 1 amide bonds. The zero-order valence-corrected chi connectivity index (χ0v) is 12.9. The molecule has 4 heterocycles. The normalized spacial score (nSPS) is 47.6. The van der Waals surface area contributed by atoms with Gasteiger partial charge in [0, 0.05) is 30.8 Å². The third kappa shape index (κ3) is 1.71. The zero-order valence-electron chi connectivity index (χ0n) is 12.9. The van der Waals surface area contributed by atoms with Gasteiger partial charge in [-0.1, -0.05) is 0 Å². The standard InChI is InChI=1S/C17H29N2O/c1-2-19-10-4-6-13-12-18-15(8-3-9-16(18)20)14(17(13)19)7-5-11-19/h13-15,17H,2-12H2,1H3/q+1/t13-,14+,15+,17-,19?/m0/s1. The molecule has 3 nitrogen and oxygen atoms in total. The van der Waals surface area contributed by atoms with E-state index in [1.54, 1.807) is 0 Å². The Morgan fingerprint density at radius 3 is 2.75 bits per heavy atom. The Hall–Kier alpha value is -0.570. The molecule has 0 radical (unpaired) electrons. The highest BCUT2D eigenvalue weighted by atomic mass is 16.2. The Morgan fingerprint density at radius 2 is 1.95 bits per heavy atom. The number of amides is 1. The molecule has 4 aliphatic rings. The molecule has 20 heavy (non-hydrogen) atoms. The summed E-state index contributed by atoms with van der Waals surface area (Å²) in [5.41, 5.74) is 0. The van der Waals surface area contributed by atoms with Crippen LogP contribution in [0, 0.1) is 11.8 Å². The molecule has 4 rings (SSSR count). The van der Waals surface area contributed by atoms with E-state index in [0.717, 1.165) is 37.3 Å².